The number of aromatic nitrogens is 3. The third kappa shape index (κ3) is 2.27. The number of rotatable bonds is 4. The van der Waals surface area contributed by atoms with E-state index in [-0.39, 0.29) is 0 Å². The summed E-state index contributed by atoms with van der Waals surface area (Å²) in [7, 11) is 0. The van der Waals surface area contributed by atoms with E-state index >= 15 is 0 Å². The van der Waals surface area contributed by atoms with E-state index < -0.39 is 0 Å². The van der Waals surface area contributed by atoms with Gasteiger partial charge in [0.15, 0.2) is 0 Å². The van der Waals surface area contributed by atoms with Gasteiger partial charge in [0.05, 0.1) is 5.01 Å². The summed E-state index contributed by atoms with van der Waals surface area (Å²) in [6, 6.07) is 0. The second kappa shape index (κ2) is 4.47. The van der Waals surface area contributed by atoms with Crippen molar-refractivity contribution >= 4 is 27.8 Å². The van der Waals surface area contributed by atoms with Gasteiger partial charge in [-0.1, -0.05) is 18.3 Å². The minimum Gasteiger partial charge on any atom is -0.359 e. The zero-order valence-electron chi connectivity index (χ0n) is 7.67. The van der Waals surface area contributed by atoms with Crippen LogP contribution >= 0.6 is 22.7 Å². The van der Waals surface area contributed by atoms with E-state index in [4.69, 9.17) is 0 Å². The Labute approximate surface area is 90.0 Å². The zero-order chi connectivity index (χ0) is 9.80. The monoisotopic (exact) mass is 226 g/mol. The molecule has 1 N–H and O–H groups in total. The Kier molecular flexibility index (Phi) is 3.05. The number of anilines is 1. The maximum absolute atomic E-state index is 4.26. The van der Waals surface area contributed by atoms with Crippen LogP contribution in [0.15, 0.2) is 17.1 Å². The predicted octanol–water partition coefficient (Wildman–Crippen LogP) is 2.21. The molecule has 0 aliphatic rings. The van der Waals surface area contributed by atoms with Gasteiger partial charge in [-0.05, 0) is 0 Å². The molecular formula is C8H10N4S2. The lowest BCUT2D eigenvalue weighted by Gasteiger charge is -2.07. The molecule has 2 aromatic rings. The molecule has 2 aromatic heterocycles. The molecule has 0 aliphatic carbocycles. The second-order valence-electron chi connectivity index (χ2n) is 2.90. The van der Waals surface area contributed by atoms with Crippen LogP contribution in [0.3, 0.4) is 0 Å². The van der Waals surface area contributed by atoms with Gasteiger partial charge in [-0.3, -0.25) is 0 Å². The number of nitrogens with one attached hydrogen (secondary N) is 1. The number of nitrogens with zero attached hydrogens (tertiary/aromatic N) is 3. The van der Waals surface area contributed by atoms with Crippen LogP contribution in [0.25, 0.3) is 0 Å². The van der Waals surface area contributed by atoms with Crippen LogP contribution in [-0.4, -0.2) is 21.7 Å². The van der Waals surface area contributed by atoms with Gasteiger partial charge in [-0.25, -0.2) is 4.98 Å². The van der Waals surface area contributed by atoms with Crippen molar-refractivity contribution in [2.75, 3.05) is 11.9 Å². The lowest BCUT2D eigenvalue weighted by atomic mass is 10.2. The second-order valence-corrected chi connectivity index (χ2v) is 4.66. The van der Waals surface area contributed by atoms with Gasteiger partial charge in [-0.2, -0.15) is 0 Å². The normalized spacial score (nSPS) is 12.6. The van der Waals surface area contributed by atoms with Crippen molar-refractivity contribution in [1.82, 2.24) is 15.2 Å². The summed E-state index contributed by atoms with van der Waals surface area (Å²) in [5, 5.41) is 14.9. The van der Waals surface area contributed by atoms with Crippen LogP contribution in [0, 0.1) is 0 Å². The van der Waals surface area contributed by atoms with Gasteiger partial charge >= 0.3 is 0 Å². The average molecular weight is 226 g/mol. The van der Waals surface area contributed by atoms with Gasteiger partial charge in [0.2, 0.25) is 5.13 Å². The van der Waals surface area contributed by atoms with E-state index in [9.17, 15) is 0 Å². The molecule has 2 rings (SSSR count). The molecule has 14 heavy (non-hydrogen) atoms. The Bertz CT molecular complexity index is 357. The number of thiazole rings is 1. The van der Waals surface area contributed by atoms with Gasteiger partial charge in [0, 0.05) is 24.0 Å². The van der Waals surface area contributed by atoms with Crippen LogP contribution in [0.2, 0.25) is 0 Å². The molecule has 1 unspecified atom stereocenters. The molecular weight excluding hydrogens is 216 g/mol. The Morgan fingerprint density at radius 1 is 1.50 bits per heavy atom. The minimum absolute atomic E-state index is 0.416. The summed E-state index contributed by atoms with van der Waals surface area (Å²) in [4.78, 5) is 4.26. The predicted molar refractivity (Wildman–Crippen MR) is 58.9 cm³/mol. The summed E-state index contributed by atoms with van der Waals surface area (Å²) in [6.45, 7) is 3.00. The Morgan fingerprint density at radius 2 is 2.43 bits per heavy atom. The summed E-state index contributed by atoms with van der Waals surface area (Å²) in [6.07, 6.45) is 1.83. The minimum atomic E-state index is 0.416. The molecule has 0 saturated carbocycles. The van der Waals surface area contributed by atoms with Crippen LogP contribution < -0.4 is 5.32 Å². The number of hydrogen-bond acceptors (Lipinski definition) is 6. The van der Waals surface area contributed by atoms with E-state index in [1.807, 2.05) is 11.6 Å². The van der Waals surface area contributed by atoms with Crippen LogP contribution in [0.1, 0.15) is 17.8 Å². The van der Waals surface area contributed by atoms with E-state index in [1.165, 1.54) is 11.3 Å². The summed E-state index contributed by atoms with van der Waals surface area (Å²) < 4.78 is 0. The third-order valence-electron chi connectivity index (χ3n) is 1.79. The molecule has 0 spiro atoms. The maximum Gasteiger partial charge on any atom is 0.205 e. The fourth-order valence-corrected chi connectivity index (χ4v) is 2.21. The zero-order valence-corrected chi connectivity index (χ0v) is 9.31. The highest BCUT2D eigenvalue weighted by molar-refractivity contribution is 7.13. The van der Waals surface area contributed by atoms with Crippen molar-refractivity contribution < 1.29 is 0 Å². The largest absolute Gasteiger partial charge is 0.359 e. The van der Waals surface area contributed by atoms with Crippen LogP contribution in [-0.2, 0) is 0 Å². The van der Waals surface area contributed by atoms with Gasteiger partial charge < -0.3 is 5.32 Å². The first-order valence-electron chi connectivity index (χ1n) is 4.25. The fourth-order valence-electron chi connectivity index (χ4n) is 1.06. The summed E-state index contributed by atoms with van der Waals surface area (Å²) in [5.41, 5.74) is 1.72. The summed E-state index contributed by atoms with van der Waals surface area (Å²) in [5.74, 6) is 0.416. The topological polar surface area (TPSA) is 50.7 Å². The molecule has 0 saturated heterocycles. The first-order valence-corrected chi connectivity index (χ1v) is 6.01. The fraction of sp³-hybridized carbons (Fsp3) is 0.375. The standard InChI is InChI=1S/C8H10N4S2/c1-6(7-9-2-3-13-7)4-10-8-12-11-5-14-8/h2-3,5-6H,4H2,1H3,(H,10,12). The molecule has 0 aromatic carbocycles. The smallest absolute Gasteiger partial charge is 0.205 e. The van der Waals surface area contributed by atoms with E-state index in [0.717, 1.165) is 16.7 Å². The first-order chi connectivity index (χ1) is 6.86. The third-order valence-corrected chi connectivity index (χ3v) is 3.45. The van der Waals surface area contributed by atoms with E-state index in [1.54, 1.807) is 16.8 Å². The highest BCUT2D eigenvalue weighted by Gasteiger charge is 2.08. The Balaban J connectivity index is 1.87. The first kappa shape index (κ1) is 9.54. The van der Waals surface area contributed by atoms with Gasteiger partial charge in [-0.15, -0.1) is 21.5 Å². The molecule has 0 fully saturated rings. The Hall–Kier alpha value is -1.01. The molecule has 74 valence electrons. The van der Waals surface area contributed by atoms with Crippen molar-refractivity contribution in [2.24, 2.45) is 0 Å². The molecule has 6 heteroatoms. The molecule has 0 amide bonds. The van der Waals surface area contributed by atoms with E-state index in [0.29, 0.717) is 5.92 Å². The van der Waals surface area contributed by atoms with Crippen molar-refractivity contribution in [1.29, 1.82) is 0 Å². The molecule has 2 heterocycles. The van der Waals surface area contributed by atoms with Crippen LogP contribution in [0.5, 0.6) is 0 Å². The quantitative estimate of drug-likeness (QED) is 0.868. The lowest BCUT2D eigenvalue weighted by molar-refractivity contribution is 0.792. The lowest BCUT2D eigenvalue weighted by Crippen LogP contribution is -2.09. The van der Waals surface area contributed by atoms with Crippen molar-refractivity contribution in [3.8, 4) is 0 Å². The highest BCUT2D eigenvalue weighted by atomic mass is 32.1. The SMILES string of the molecule is CC(CNc1nncs1)c1nccs1. The molecule has 4 nitrogen and oxygen atoms in total. The van der Waals surface area contributed by atoms with E-state index in [2.05, 4.69) is 27.4 Å². The number of hydrogen-bond donors (Lipinski definition) is 1. The van der Waals surface area contributed by atoms with Gasteiger partial charge in [0.25, 0.3) is 0 Å². The van der Waals surface area contributed by atoms with Crippen molar-refractivity contribution in [3.63, 3.8) is 0 Å². The van der Waals surface area contributed by atoms with Crippen LogP contribution in [0.4, 0.5) is 5.13 Å². The summed E-state index contributed by atoms with van der Waals surface area (Å²) >= 11 is 3.20. The Morgan fingerprint density at radius 3 is 3.07 bits per heavy atom. The molecule has 0 bridgehead atoms. The highest BCUT2D eigenvalue weighted by Crippen LogP contribution is 2.18. The molecule has 0 radical (unpaired) electrons. The van der Waals surface area contributed by atoms with Crippen molar-refractivity contribution in [3.05, 3.63) is 22.1 Å². The molecule has 1 atom stereocenters. The maximum atomic E-state index is 4.26. The molecule has 0 aliphatic heterocycles. The average Bonchev–Trinajstić information content (AvgIpc) is 2.87. The van der Waals surface area contributed by atoms with Gasteiger partial charge in [0.1, 0.15) is 5.51 Å². The van der Waals surface area contributed by atoms with Crippen molar-refractivity contribution in [2.45, 2.75) is 12.8 Å².